The van der Waals surface area contributed by atoms with Crippen molar-refractivity contribution in [3.63, 3.8) is 0 Å². The summed E-state index contributed by atoms with van der Waals surface area (Å²) in [7, 11) is 0. The van der Waals surface area contributed by atoms with Crippen LogP contribution >= 0.6 is 0 Å². The summed E-state index contributed by atoms with van der Waals surface area (Å²) < 4.78 is 5.15. The number of ketones is 1. The van der Waals surface area contributed by atoms with Crippen molar-refractivity contribution < 1.29 is 14.3 Å². The second-order valence-corrected chi connectivity index (χ2v) is 6.04. The largest absolute Gasteiger partial charge is 0.444 e. The second kappa shape index (κ2) is 6.55. The van der Waals surface area contributed by atoms with Gasteiger partial charge in [0.25, 0.3) is 0 Å². The average molecular weight is 277 g/mol. The number of alkyl carbamates (subject to hydrolysis) is 1. The van der Waals surface area contributed by atoms with Crippen LogP contribution in [0.5, 0.6) is 0 Å². The maximum atomic E-state index is 12.1. The molecule has 20 heavy (non-hydrogen) atoms. The van der Waals surface area contributed by atoms with Crippen molar-refractivity contribution in [1.29, 1.82) is 0 Å². The fraction of sp³-hybridized carbons (Fsp3) is 0.500. The molecular weight excluding hydrogens is 254 g/mol. The maximum absolute atomic E-state index is 12.1. The van der Waals surface area contributed by atoms with E-state index in [0.717, 1.165) is 5.56 Å². The molecule has 4 heteroatoms. The standard InChI is InChI=1S/C16H23NO3/c1-11-7-6-8-13(9-11)14(18)10-12(2)17-15(19)20-16(3,4)5/h6-9,12H,10H2,1-5H3,(H,17,19). The number of hydrogen-bond acceptors (Lipinski definition) is 3. The molecule has 0 radical (unpaired) electrons. The molecule has 0 spiro atoms. The zero-order chi connectivity index (χ0) is 15.3. The normalized spacial score (nSPS) is 12.7. The Morgan fingerprint density at radius 1 is 1.30 bits per heavy atom. The Morgan fingerprint density at radius 3 is 2.50 bits per heavy atom. The molecule has 0 heterocycles. The molecule has 1 N–H and O–H groups in total. The van der Waals surface area contributed by atoms with E-state index in [-0.39, 0.29) is 18.2 Å². The van der Waals surface area contributed by atoms with E-state index >= 15 is 0 Å². The van der Waals surface area contributed by atoms with Gasteiger partial charge in [0.05, 0.1) is 0 Å². The molecule has 0 aliphatic carbocycles. The molecule has 1 aromatic carbocycles. The van der Waals surface area contributed by atoms with Crippen LogP contribution in [0.3, 0.4) is 0 Å². The number of amides is 1. The molecule has 0 bridgehead atoms. The van der Waals surface area contributed by atoms with Crippen LogP contribution in [0.1, 0.15) is 50.0 Å². The first-order chi connectivity index (χ1) is 9.17. The van der Waals surface area contributed by atoms with Crippen molar-refractivity contribution in [2.24, 2.45) is 0 Å². The molecule has 1 rings (SSSR count). The summed E-state index contributed by atoms with van der Waals surface area (Å²) in [5.74, 6) is 0.0114. The quantitative estimate of drug-likeness (QED) is 0.857. The summed E-state index contributed by atoms with van der Waals surface area (Å²) in [6, 6.07) is 7.17. The lowest BCUT2D eigenvalue weighted by Crippen LogP contribution is -2.38. The molecule has 1 aromatic rings. The van der Waals surface area contributed by atoms with Gasteiger partial charge in [-0.2, -0.15) is 0 Å². The van der Waals surface area contributed by atoms with Crippen LogP contribution in [-0.4, -0.2) is 23.5 Å². The van der Waals surface area contributed by atoms with Crippen LogP contribution in [0.25, 0.3) is 0 Å². The van der Waals surface area contributed by atoms with Gasteiger partial charge in [-0.1, -0.05) is 23.8 Å². The highest BCUT2D eigenvalue weighted by molar-refractivity contribution is 5.96. The summed E-state index contributed by atoms with van der Waals surface area (Å²) >= 11 is 0. The zero-order valence-electron chi connectivity index (χ0n) is 12.8. The minimum absolute atomic E-state index is 0.0114. The Hall–Kier alpha value is -1.84. The minimum atomic E-state index is -0.537. The summed E-state index contributed by atoms with van der Waals surface area (Å²) in [4.78, 5) is 23.7. The minimum Gasteiger partial charge on any atom is -0.444 e. The molecule has 0 saturated heterocycles. The molecule has 0 aliphatic heterocycles. The van der Waals surface area contributed by atoms with Gasteiger partial charge >= 0.3 is 6.09 Å². The first-order valence-electron chi connectivity index (χ1n) is 6.77. The number of aryl methyl sites for hydroxylation is 1. The highest BCUT2D eigenvalue weighted by Gasteiger charge is 2.19. The number of Topliss-reactive ketones (excluding diaryl/α,β-unsaturated/α-hetero) is 1. The van der Waals surface area contributed by atoms with E-state index in [0.29, 0.717) is 5.56 Å². The smallest absolute Gasteiger partial charge is 0.407 e. The van der Waals surface area contributed by atoms with E-state index in [2.05, 4.69) is 5.32 Å². The third-order valence-electron chi connectivity index (χ3n) is 2.59. The van der Waals surface area contributed by atoms with Crippen molar-refractivity contribution in [1.82, 2.24) is 5.32 Å². The van der Waals surface area contributed by atoms with Crippen molar-refractivity contribution in [2.75, 3.05) is 0 Å². The highest BCUT2D eigenvalue weighted by atomic mass is 16.6. The molecule has 0 aliphatic rings. The van der Waals surface area contributed by atoms with Gasteiger partial charge in [-0.05, 0) is 40.7 Å². The van der Waals surface area contributed by atoms with Crippen molar-refractivity contribution >= 4 is 11.9 Å². The molecule has 0 fully saturated rings. The number of hydrogen-bond donors (Lipinski definition) is 1. The Morgan fingerprint density at radius 2 is 1.95 bits per heavy atom. The number of benzene rings is 1. The SMILES string of the molecule is Cc1cccc(C(=O)CC(C)NC(=O)OC(C)(C)C)c1. The number of carbonyl (C=O) groups is 2. The predicted octanol–water partition coefficient (Wildman–Crippen LogP) is 3.48. The number of nitrogens with one attached hydrogen (secondary N) is 1. The molecule has 1 unspecified atom stereocenters. The van der Waals surface area contributed by atoms with E-state index < -0.39 is 11.7 Å². The summed E-state index contributed by atoms with van der Waals surface area (Å²) in [5.41, 5.74) is 1.18. The average Bonchev–Trinajstić information content (AvgIpc) is 2.25. The molecule has 4 nitrogen and oxygen atoms in total. The zero-order valence-corrected chi connectivity index (χ0v) is 12.8. The van der Waals surface area contributed by atoms with Gasteiger partial charge in [0, 0.05) is 18.0 Å². The number of ether oxygens (including phenoxy) is 1. The number of rotatable bonds is 4. The second-order valence-electron chi connectivity index (χ2n) is 6.04. The number of carbonyl (C=O) groups excluding carboxylic acids is 2. The van der Waals surface area contributed by atoms with E-state index in [1.165, 1.54) is 0 Å². The van der Waals surface area contributed by atoms with Gasteiger partial charge in [0.2, 0.25) is 0 Å². The summed E-state index contributed by atoms with van der Waals surface area (Å²) in [5, 5.41) is 2.67. The van der Waals surface area contributed by atoms with Crippen LogP contribution in [0.4, 0.5) is 4.79 Å². The van der Waals surface area contributed by atoms with E-state index in [4.69, 9.17) is 4.74 Å². The fourth-order valence-electron chi connectivity index (χ4n) is 1.77. The van der Waals surface area contributed by atoms with Crippen LogP contribution in [-0.2, 0) is 4.74 Å². The van der Waals surface area contributed by atoms with Crippen LogP contribution < -0.4 is 5.32 Å². The molecular formula is C16H23NO3. The first-order valence-corrected chi connectivity index (χ1v) is 6.77. The van der Waals surface area contributed by atoms with Crippen molar-refractivity contribution in [2.45, 2.75) is 52.7 Å². The van der Waals surface area contributed by atoms with Gasteiger partial charge < -0.3 is 10.1 Å². The fourth-order valence-corrected chi connectivity index (χ4v) is 1.77. The Balaban J connectivity index is 2.52. The third kappa shape index (κ3) is 5.87. The Bertz CT molecular complexity index is 489. The Kier molecular flexibility index (Phi) is 5.31. The summed E-state index contributed by atoms with van der Waals surface area (Å²) in [6.07, 6.45) is -0.245. The van der Waals surface area contributed by atoms with Gasteiger partial charge in [-0.3, -0.25) is 4.79 Å². The van der Waals surface area contributed by atoms with Crippen molar-refractivity contribution in [3.05, 3.63) is 35.4 Å². The Labute approximate surface area is 120 Å². The van der Waals surface area contributed by atoms with Crippen molar-refractivity contribution in [3.8, 4) is 0 Å². The lowest BCUT2D eigenvalue weighted by Gasteiger charge is -2.21. The van der Waals surface area contributed by atoms with Gasteiger partial charge in [0.15, 0.2) is 5.78 Å². The molecule has 1 amide bonds. The van der Waals surface area contributed by atoms with Gasteiger partial charge in [-0.15, -0.1) is 0 Å². The lowest BCUT2D eigenvalue weighted by molar-refractivity contribution is 0.0506. The molecule has 110 valence electrons. The monoisotopic (exact) mass is 277 g/mol. The maximum Gasteiger partial charge on any atom is 0.407 e. The van der Waals surface area contributed by atoms with Crippen LogP contribution in [0.2, 0.25) is 0 Å². The summed E-state index contributed by atoms with van der Waals surface area (Å²) in [6.45, 7) is 9.14. The lowest BCUT2D eigenvalue weighted by atomic mass is 10.0. The first kappa shape index (κ1) is 16.2. The third-order valence-corrected chi connectivity index (χ3v) is 2.59. The molecule has 0 saturated carbocycles. The van der Waals surface area contributed by atoms with E-state index in [9.17, 15) is 9.59 Å². The predicted molar refractivity (Wildman–Crippen MR) is 79.0 cm³/mol. The molecule has 0 aromatic heterocycles. The van der Waals surface area contributed by atoms with E-state index in [1.807, 2.05) is 25.1 Å². The molecule has 1 atom stereocenters. The van der Waals surface area contributed by atoms with Gasteiger partial charge in [-0.25, -0.2) is 4.79 Å². The highest BCUT2D eigenvalue weighted by Crippen LogP contribution is 2.10. The topological polar surface area (TPSA) is 55.4 Å². The van der Waals surface area contributed by atoms with Crippen LogP contribution in [0.15, 0.2) is 24.3 Å². The van der Waals surface area contributed by atoms with Gasteiger partial charge in [0.1, 0.15) is 5.60 Å². The van der Waals surface area contributed by atoms with Crippen LogP contribution in [0, 0.1) is 6.92 Å². The van der Waals surface area contributed by atoms with E-state index in [1.54, 1.807) is 33.8 Å².